The van der Waals surface area contributed by atoms with Crippen molar-refractivity contribution in [1.29, 1.82) is 0 Å². The van der Waals surface area contributed by atoms with Gasteiger partial charge >= 0.3 is 0 Å². The highest BCUT2D eigenvalue weighted by atomic mass is 19.1. The van der Waals surface area contributed by atoms with E-state index in [4.69, 9.17) is 10.5 Å². The third kappa shape index (κ3) is 2.13. The number of rotatable bonds is 2. The van der Waals surface area contributed by atoms with Gasteiger partial charge in [0.2, 0.25) is 0 Å². The van der Waals surface area contributed by atoms with E-state index in [1.54, 1.807) is 12.1 Å². The van der Waals surface area contributed by atoms with Gasteiger partial charge < -0.3 is 15.4 Å². The van der Waals surface area contributed by atoms with Crippen LogP contribution in [0.4, 0.5) is 10.1 Å². The van der Waals surface area contributed by atoms with Gasteiger partial charge in [0.1, 0.15) is 5.82 Å². The third-order valence-electron chi connectivity index (χ3n) is 4.53. The molecule has 0 spiro atoms. The lowest BCUT2D eigenvalue weighted by atomic mass is 9.85. The molecule has 4 heteroatoms. The molecule has 3 nitrogen and oxygen atoms in total. The van der Waals surface area contributed by atoms with E-state index in [2.05, 4.69) is 11.8 Å². The standard InChI is InChI=1S/C15H21FN2O/c1-11-9-15(10-17,5-7-19-11)18-6-4-12-2-3-13(16)8-14(12)18/h2-3,8,11H,4-7,9-10,17H2,1H3. The van der Waals surface area contributed by atoms with Gasteiger partial charge in [0, 0.05) is 25.4 Å². The van der Waals surface area contributed by atoms with Crippen LogP contribution >= 0.6 is 0 Å². The van der Waals surface area contributed by atoms with Crippen molar-refractivity contribution >= 4 is 5.69 Å². The molecule has 0 aliphatic carbocycles. The van der Waals surface area contributed by atoms with Gasteiger partial charge in [-0.25, -0.2) is 4.39 Å². The molecule has 1 fully saturated rings. The Kier molecular flexibility index (Phi) is 3.23. The summed E-state index contributed by atoms with van der Waals surface area (Å²) >= 11 is 0. The lowest BCUT2D eigenvalue weighted by Gasteiger charge is -2.47. The van der Waals surface area contributed by atoms with Crippen molar-refractivity contribution in [1.82, 2.24) is 0 Å². The summed E-state index contributed by atoms with van der Waals surface area (Å²) in [5.74, 6) is -0.169. The van der Waals surface area contributed by atoms with Gasteiger partial charge in [-0.2, -0.15) is 0 Å². The van der Waals surface area contributed by atoms with Crippen LogP contribution < -0.4 is 10.6 Å². The van der Waals surface area contributed by atoms with Crippen molar-refractivity contribution in [3.63, 3.8) is 0 Å². The van der Waals surface area contributed by atoms with Crippen molar-refractivity contribution < 1.29 is 9.13 Å². The van der Waals surface area contributed by atoms with E-state index in [1.165, 1.54) is 5.56 Å². The van der Waals surface area contributed by atoms with Crippen molar-refractivity contribution in [2.24, 2.45) is 5.73 Å². The lowest BCUT2D eigenvalue weighted by molar-refractivity contribution is -0.00715. The van der Waals surface area contributed by atoms with Crippen molar-refractivity contribution in [2.75, 3.05) is 24.6 Å². The summed E-state index contributed by atoms with van der Waals surface area (Å²) in [6.45, 7) is 4.35. The predicted octanol–water partition coefficient (Wildman–Crippen LogP) is 2.08. The molecule has 2 unspecified atom stereocenters. The van der Waals surface area contributed by atoms with Crippen LogP contribution in [0.1, 0.15) is 25.3 Å². The highest BCUT2D eigenvalue weighted by molar-refractivity contribution is 5.60. The molecule has 2 atom stereocenters. The summed E-state index contributed by atoms with van der Waals surface area (Å²) in [6.07, 6.45) is 3.03. The first-order chi connectivity index (χ1) is 9.14. The van der Waals surface area contributed by atoms with Gasteiger partial charge in [0.15, 0.2) is 0 Å². The maximum absolute atomic E-state index is 13.5. The number of hydrogen-bond acceptors (Lipinski definition) is 3. The normalized spacial score (nSPS) is 30.5. The molecule has 0 saturated carbocycles. The van der Waals surface area contributed by atoms with Crippen LogP contribution in [0.3, 0.4) is 0 Å². The average Bonchev–Trinajstić information content (AvgIpc) is 2.82. The molecule has 0 bridgehead atoms. The quantitative estimate of drug-likeness (QED) is 0.889. The largest absolute Gasteiger partial charge is 0.378 e. The number of halogens is 1. The van der Waals surface area contributed by atoms with Crippen LogP contribution in [0, 0.1) is 5.82 Å². The molecule has 0 aromatic heterocycles. The number of nitrogens with two attached hydrogens (primary N) is 1. The third-order valence-corrected chi connectivity index (χ3v) is 4.53. The van der Waals surface area contributed by atoms with Crippen LogP contribution in [0.25, 0.3) is 0 Å². The Balaban J connectivity index is 1.96. The van der Waals surface area contributed by atoms with Crippen LogP contribution in [0.15, 0.2) is 18.2 Å². The molecule has 2 N–H and O–H groups in total. The topological polar surface area (TPSA) is 38.5 Å². The number of benzene rings is 1. The smallest absolute Gasteiger partial charge is 0.125 e. The van der Waals surface area contributed by atoms with Gasteiger partial charge in [0.05, 0.1) is 11.6 Å². The molecule has 1 aromatic rings. The monoisotopic (exact) mass is 264 g/mol. The lowest BCUT2D eigenvalue weighted by Crippen LogP contribution is -2.58. The molecule has 3 rings (SSSR count). The van der Waals surface area contributed by atoms with Crippen LogP contribution in [-0.2, 0) is 11.2 Å². The number of ether oxygens (including phenoxy) is 1. The van der Waals surface area contributed by atoms with E-state index in [0.29, 0.717) is 6.54 Å². The minimum atomic E-state index is -0.169. The van der Waals surface area contributed by atoms with Gasteiger partial charge in [0.25, 0.3) is 0 Å². The maximum Gasteiger partial charge on any atom is 0.125 e. The molecule has 19 heavy (non-hydrogen) atoms. The number of fused-ring (bicyclic) bond motifs is 1. The summed E-state index contributed by atoms with van der Waals surface area (Å²) < 4.78 is 19.2. The Morgan fingerprint density at radius 3 is 3.11 bits per heavy atom. The van der Waals surface area contributed by atoms with Crippen molar-refractivity contribution in [2.45, 2.75) is 37.8 Å². The Labute approximate surface area is 113 Å². The van der Waals surface area contributed by atoms with E-state index in [0.717, 1.165) is 38.1 Å². The van der Waals surface area contributed by atoms with Gasteiger partial charge in [-0.15, -0.1) is 0 Å². The summed E-state index contributed by atoms with van der Waals surface area (Å²) in [7, 11) is 0. The van der Waals surface area contributed by atoms with Crippen molar-refractivity contribution in [3.8, 4) is 0 Å². The Hall–Kier alpha value is -1.13. The molecule has 0 radical (unpaired) electrons. The van der Waals surface area contributed by atoms with E-state index in [-0.39, 0.29) is 17.5 Å². The molecule has 2 heterocycles. The van der Waals surface area contributed by atoms with E-state index >= 15 is 0 Å². The Morgan fingerprint density at radius 2 is 2.37 bits per heavy atom. The highest BCUT2D eigenvalue weighted by Gasteiger charge is 2.42. The molecular weight excluding hydrogens is 243 g/mol. The minimum Gasteiger partial charge on any atom is -0.378 e. The zero-order valence-corrected chi connectivity index (χ0v) is 11.4. The summed E-state index contributed by atoms with van der Waals surface area (Å²) in [6, 6.07) is 5.10. The highest BCUT2D eigenvalue weighted by Crippen LogP contribution is 2.39. The zero-order valence-electron chi connectivity index (χ0n) is 11.4. The number of hydrogen-bond donors (Lipinski definition) is 1. The molecule has 2 aliphatic rings. The van der Waals surface area contributed by atoms with Crippen molar-refractivity contribution in [3.05, 3.63) is 29.6 Å². The van der Waals surface area contributed by atoms with E-state index in [1.807, 2.05) is 6.07 Å². The first kappa shape index (κ1) is 12.9. The fourth-order valence-corrected chi connectivity index (χ4v) is 3.53. The summed E-state index contributed by atoms with van der Waals surface area (Å²) in [5.41, 5.74) is 8.27. The van der Waals surface area contributed by atoms with Crippen LogP contribution in [0.5, 0.6) is 0 Å². The second-order valence-electron chi connectivity index (χ2n) is 5.74. The second kappa shape index (κ2) is 4.76. The molecule has 0 amide bonds. The number of anilines is 1. The molecular formula is C15H21FN2O. The molecule has 1 saturated heterocycles. The van der Waals surface area contributed by atoms with Crippen LogP contribution in [-0.4, -0.2) is 31.3 Å². The van der Waals surface area contributed by atoms with Gasteiger partial charge in [-0.3, -0.25) is 0 Å². The minimum absolute atomic E-state index is 0.0727. The van der Waals surface area contributed by atoms with E-state index < -0.39 is 0 Å². The second-order valence-corrected chi connectivity index (χ2v) is 5.74. The summed E-state index contributed by atoms with van der Waals surface area (Å²) in [5, 5.41) is 0. The SMILES string of the molecule is CC1CC(CN)(N2CCc3ccc(F)cc32)CCO1. The zero-order chi connectivity index (χ0) is 13.5. The van der Waals surface area contributed by atoms with E-state index in [9.17, 15) is 4.39 Å². The first-order valence-electron chi connectivity index (χ1n) is 7.02. The summed E-state index contributed by atoms with van der Waals surface area (Å²) in [4.78, 5) is 2.32. The van der Waals surface area contributed by atoms with Crippen LogP contribution in [0.2, 0.25) is 0 Å². The predicted molar refractivity (Wildman–Crippen MR) is 73.9 cm³/mol. The van der Waals surface area contributed by atoms with Gasteiger partial charge in [-0.1, -0.05) is 6.07 Å². The molecule has 104 valence electrons. The Morgan fingerprint density at radius 1 is 1.53 bits per heavy atom. The maximum atomic E-state index is 13.5. The molecule has 1 aromatic carbocycles. The Bertz CT molecular complexity index is 479. The average molecular weight is 264 g/mol. The fraction of sp³-hybridized carbons (Fsp3) is 0.600. The van der Waals surface area contributed by atoms with Gasteiger partial charge in [-0.05, 0) is 43.9 Å². The molecule has 2 aliphatic heterocycles. The number of nitrogens with zero attached hydrogens (tertiary/aromatic N) is 1. The fourth-order valence-electron chi connectivity index (χ4n) is 3.53. The first-order valence-corrected chi connectivity index (χ1v) is 7.02.